The summed E-state index contributed by atoms with van der Waals surface area (Å²) in [5.41, 5.74) is 4.99. The molecule has 102 valence electrons. The number of carbonyl (C=O) groups is 1. The van der Waals surface area contributed by atoms with Crippen molar-refractivity contribution in [3.05, 3.63) is 40.5 Å². The molecule has 5 nitrogen and oxygen atoms in total. The molecule has 2 rings (SSSR count). The van der Waals surface area contributed by atoms with Crippen molar-refractivity contribution in [1.82, 2.24) is 5.32 Å². The van der Waals surface area contributed by atoms with Gasteiger partial charge in [-0.2, -0.15) is 0 Å². The van der Waals surface area contributed by atoms with Gasteiger partial charge in [-0.25, -0.2) is 4.79 Å². The topological polar surface area (TPSA) is 88.5 Å². The number of nitrogens with one attached hydrogen (secondary N) is 1. The fourth-order valence-electron chi connectivity index (χ4n) is 1.54. The average Bonchev–Trinajstić information content (AvgIpc) is 2.98. The average molecular weight is 298 g/mol. The summed E-state index contributed by atoms with van der Waals surface area (Å²) in [5.74, 6) is 1.76. The molecule has 0 aliphatic heterocycles. The first-order valence-electron chi connectivity index (χ1n) is 5.63. The zero-order valence-corrected chi connectivity index (χ0v) is 11.7. The SMILES string of the molecule is NC(=O)NC(O)c1sccc1SCCc1ccco1. The summed E-state index contributed by atoms with van der Waals surface area (Å²) in [7, 11) is 0. The molecular formula is C12H14N2O3S2. The minimum Gasteiger partial charge on any atom is -0.469 e. The highest BCUT2D eigenvalue weighted by molar-refractivity contribution is 7.99. The largest absolute Gasteiger partial charge is 0.469 e. The van der Waals surface area contributed by atoms with Gasteiger partial charge < -0.3 is 20.6 Å². The van der Waals surface area contributed by atoms with Gasteiger partial charge in [0.1, 0.15) is 5.76 Å². The van der Waals surface area contributed by atoms with Crippen LogP contribution in [0.15, 0.2) is 39.2 Å². The van der Waals surface area contributed by atoms with Crippen LogP contribution < -0.4 is 11.1 Å². The van der Waals surface area contributed by atoms with Crippen molar-refractivity contribution in [1.29, 1.82) is 0 Å². The van der Waals surface area contributed by atoms with E-state index in [4.69, 9.17) is 10.2 Å². The first-order chi connectivity index (χ1) is 9.16. The van der Waals surface area contributed by atoms with Gasteiger partial charge in [0.25, 0.3) is 0 Å². The van der Waals surface area contributed by atoms with E-state index in [9.17, 15) is 9.90 Å². The molecule has 0 aliphatic rings. The third-order valence-electron chi connectivity index (χ3n) is 2.37. The summed E-state index contributed by atoms with van der Waals surface area (Å²) < 4.78 is 5.25. The molecule has 2 heterocycles. The molecule has 0 bridgehead atoms. The zero-order chi connectivity index (χ0) is 13.7. The van der Waals surface area contributed by atoms with Crippen molar-refractivity contribution in [2.75, 3.05) is 5.75 Å². The van der Waals surface area contributed by atoms with Crippen LogP contribution in [0.3, 0.4) is 0 Å². The third kappa shape index (κ3) is 4.02. The van der Waals surface area contributed by atoms with Gasteiger partial charge in [0.15, 0.2) is 6.23 Å². The van der Waals surface area contributed by atoms with Gasteiger partial charge in [-0.1, -0.05) is 0 Å². The molecule has 2 aromatic heterocycles. The Bertz CT molecular complexity index is 525. The minimum atomic E-state index is -1.05. The van der Waals surface area contributed by atoms with Gasteiger partial charge in [-0.05, 0) is 23.6 Å². The van der Waals surface area contributed by atoms with Gasteiger partial charge >= 0.3 is 6.03 Å². The number of amides is 2. The lowest BCUT2D eigenvalue weighted by molar-refractivity contribution is 0.146. The quantitative estimate of drug-likeness (QED) is 0.564. The maximum atomic E-state index is 10.7. The lowest BCUT2D eigenvalue weighted by atomic mass is 10.4. The molecule has 7 heteroatoms. The summed E-state index contributed by atoms with van der Waals surface area (Å²) in [6.45, 7) is 0. The van der Waals surface area contributed by atoms with Crippen molar-refractivity contribution >= 4 is 29.1 Å². The van der Waals surface area contributed by atoms with Gasteiger partial charge in [0, 0.05) is 17.1 Å². The van der Waals surface area contributed by atoms with E-state index < -0.39 is 12.3 Å². The lowest BCUT2D eigenvalue weighted by Crippen LogP contribution is -2.32. The Morgan fingerprint density at radius 2 is 2.42 bits per heavy atom. The molecular weight excluding hydrogens is 284 g/mol. The number of thiophene rings is 1. The summed E-state index contributed by atoms with van der Waals surface area (Å²) in [6.07, 6.45) is 1.41. The molecule has 19 heavy (non-hydrogen) atoms. The first kappa shape index (κ1) is 14.0. The third-order valence-corrected chi connectivity index (χ3v) is 4.54. The molecule has 0 aromatic carbocycles. The van der Waals surface area contributed by atoms with E-state index in [1.54, 1.807) is 18.0 Å². The summed E-state index contributed by atoms with van der Waals surface area (Å²) in [4.78, 5) is 12.4. The van der Waals surface area contributed by atoms with Gasteiger partial charge in [0.2, 0.25) is 0 Å². The Balaban J connectivity index is 1.90. The predicted molar refractivity (Wildman–Crippen MR) is 75.1 cm³/mol. The maximum Gasteiger partial charge on any atom is 0.314 e. The zero-order valence-electron chi connectivity index (χ0n) is 10.0. The molecule has 2 amide bonds. The van der Waals surface area contributed by atoms with E-state index in [0.717, 1.165) is 22.8 Å². The number of carbonyl (C=O) groups excluding carboxylic acids is 1. The normalized spacial score (nSPS) is 12.3. The number of furan rings is 1. The van der Waals surface area contributed by atoms with Crippen molar-refractivity contribution in [2.24, 2.45) is 5.73 Å². The highest BCUT2D eigenvalue weighted by Gasteiger charge is 2.15. The van der Waals surface area contributed by atoms with Crippen LogP contribution in [0.1, 0.15) is 16.9 Å². The van der Waals surface area contributed by atoms with Crippen LogP contribution in [0.5, 0.6) is 0 Å². The number of hydrogen-bond acceptors (Lipinski definition) is 5. The van der Waals surface area contributed by atoms with Gasteiger partial charge in [0.05, 0.1) is 11.1 Å². The van der Waals surface area contributed by atoms with Crippen LogP contribution in [0, 0.1) is 0 Å². The second-order valence-electron chi connectivity index (χ2n) is 3.74. The van der Waals surface area contributed by atoms with Crippen LogP contribution in [-0.2, 0) is 6.42 Å². The summed E-state index contributed by atoms with van der Waals surface area (Å²) >= 11 is 2.99. The number of rotatable bonds is 6. The standard InChI is InChI=1S/C12H14N2O3S2/c13-12(16)14-11(15)10-9(4-7-19-10)18-6-3-8-2-1-5-17-8/h1-2,4-5,7,11,15H,3,6H2,(H3,13,14,16). The number of urea groups is 1. The van der Waals surface area contributed by atoms with Crippen LogP contribution in [0.25, 0.3) is 0 Å². The van der Waals surface area contributed by atoms with E-state index >= 15 is 0 Å². The second-order valence-corrected chi connectivity index (χ2v) is 5.82. The van der Waals surface area contributed by atoms with Crippen molar-refractivity contribution in [3.63, 3.8) is 0 Å². The van der Waals surface area contributed by atoms with Crippen LogP contribution in [0.2, 0.25) is 0 Å². The Kier molecular flexibility index (Phi) is 4.89. The second kappa shape index (κ2) is 6.65. The number of primary amides is 1. The van der Waals surface area contributed by atoms with Gasteiger partial charge in [-0.3, -0.25) is 0 Å². The van der Waals surface area contributed by atoms with Crippen LogP contribution in [-0.4, -0.2) is 16.9 Å². The van der Waals surface area contributed by atoms with E-state index in [1.165, 1.54) is 11.3 Å². The van der Waals surface area contributed by atoms with Crippen LogP contribution in [0.4, 0.5) is 4.79 Å². The van der Waals surface area contributed by atoms with E-state index in [-0.39, 0.29) is 0 Å². The highest BCUT2D eigenvalue weighted by atomic mass is 32.2. The summed E-state index contributed by atoms with van der Waals surface area (Å²) in [5, 5.41) is 13.9. The fourth-order valence-corrected chi connectivity index (χ4v) is 3.62. The highest BCUT2D eigenvalue weighted by Crippen LogP contribution is 2.31. The summed E-state index contributed by atoms with van der Waals surface area (Å²) in [6, 6.07) is 4.96. The molecule has 0 saturated heterocycles. The van der Waals surface area contributed by atoms with Gasteiger partial charge in [-0.15, -0.1) is 23.1 Å². The number of aliphatic hydroxyl groups excluding tert-OH is 1. The molecule has 0 spiro atoms. The number of nitrogens with two attached hydrogens (primary N) is 1. The van der Waals surface area contributed by atoms with E-state index in [1.807, 2.05) is 23.6 Å². The number of hydrogen-bond donors (Lipinski definition) is 3. The minimum absolute atomic E-state index is 0.697. The van der Waals surface area contributed by atoms with Crippen molar-refractivity contribution < 1.29 is 14.3 Å². The fraction of sp³-hybridized carbons (Fsp3) is 0.250. The Labute approximate surface area is 118 Å². The van der Waals surface area contributed by atoms with Crippen molar-refractivity contribution in [3.8, 4) is 0 Å². The number of aliphatic hydroxyl groups is 1. The molecule has 0 aliphatic carbocycles. The molecule has 1 unspecified atom stereocenters. The number of aryl methyl sites for hydroxylation is 1. The molecule has 1 atom stereocenters. The van der Waals surface area contributed by atoms with E-state index in [2.05, 4.69) is 5.32 Å². The van der Waals surface area contributed by atoms with Crippen molar-refractivity contribution in [2.45, 2.75) is 17.5 Å². The Morgan fingerprint density at radius 1 is 1.58 bits per heavy atom. The first-order valence-corrected chi connectivity index (χ1v) is 7.50. The molecule has 4 N–H and O–H groups in total. The lowest BCUT2D eigenvalue weighted by Gasteiger charge is -2.11. The molecule has 0 fully saturated rings. The Morgan fingerprint density at radius 3 is 3.11 bits per heavy atom. The smallest absolute Gasteiger partial charge is 0.314 e. The predicted octanol–water partition coefficient (Wildman–Crippen LogP) is 2.34. The molecule has 0 saturated carbocycles. The maximum absolute atomic E-state index is 10.7. The number of thioether (sulfide) groups is 1. The molecule has 2 aromatic rings. The Hall–Kier alpha value is -1.44. The van der Waals surface area contributed by atoms with Crippen LogP contribution >= 0.6 is 23.1 Å². The molecule has 0 radical (unpaired) electrons. The monoisotopic (exact) mass is 298 g/mol. The van der Waals surface area contributed by atoms with E-state index in [0.29, 0.717) is 4.88 Å².